The number of phenolic OH excluding ortho intramolecular Hbond substituents is 1. The molecule has 3 N–H and O–H groups in total. The summed E-state index contributed by atoms with van der Waals surface area (Å²) in [6, 6.07) is 11.5. The van der Waals surface area contributed by atoms with Crippen molar-refractivity contribution in [1.29, 1.82) is 0 Å². The molecule has 0 fully saturated rings. The third-order valence-electron chi connectivity index (χ3n) is 3.46. The van der Waals surface area contributed by atoms with E-state index in [9.17, 15) is 5.11 Å². The Hall–Kier alpha value is -2.01. The number of aromatic nitrogens is 2. The minimum Gasteiger partial charge on any atom is -0.506 e. The Morgan fingerprint density at radius 3 is 2.62 bits per heavy atom. The Balaban J connectivity index is 2.30. The van der Waals surface area contributed by atoms with Gasteiger partial charge < -0.3 is 15.4 Å². The Bertz CT molecular complexity index is 824. The van der Waals surface area contributed by atoms with Crippen LogP contribution >= 0.6 is 15.9 Å². The zero-order valence-corrected chi connectivity index (χ0v) is 13.4. The van der Waals surface area contributed by atoms with Gasteiger partial charge in [-0.25, -0.2) is 4.98 Å². The fraction of sp³-hybridized carbons (Fsp3) is 0.188. The third kappa shape index (κ3) is 2.38. The normalized spacial score (nSPS) is 11.4. The average molecular weight is 346 g/mol. The maximum absolute atomic E-state index is 9.84. The lowest BCUT2D eigenvalue weighted by atomic mass is 10.1. The highest BCUT2D eigenvalue weighted by Crippen LogP contribution is 2.32. The molecule has 1 aromatic heterocycles. The predicted octanol–water partition coefficient (Wildman–Crippen LogP) is 4.33. The van der Waals surface area contributed by atoms with Gasteiger partial charge in [0.05, 0.1) is 16.7 Å². The summed E-state index contributed by atoms with van der Waals surface area (Å²) in [6.45, 7) is 4.23. The minimum absolute atomic E-state index is 0.0797. The van der Waals surface area contributed by atoms with Gasteiger partial charge >= 0.3 is 0 Å². The van der Waals surface area contributed by atoms with Crippen LogP contribution < -0.4 is 5.73 Å². The molecule has 0 atom stereocenters. The Kier molecular flexibility index (Phi) is 3.37. The number of nitrogen functional groups attached to an aromatic ring is 1. The topological polar surface area (TPSA) is 64.1 Å². The van der Waals surface area contributed by atoms with Gasteiger partial charge in [-0.1, -0.05) is 15.9 Å². The quantitative estimate of drug-likeness (QED) is 0.536. The van der Waals surface area contributed by atoms with Gasteiger partial charge in [0.2, 0.25) is 0 Å². The van der Waals surface area contributed by atoms with Gasteiger partial charge in [0.1, 0.15) is 11.6 Å². The summed E-state index contributed by atoms with van der Waals surface area (Å²) in [7, 11) is 0. The zero-order valence-electron chi connectivity index (χ0n) is 11.8. The number of halogens is 1. The van der Waals surface area contributed by atoms with Gasteiger partial charge in [0, 0.05) is 16.1 Å². The summed E-state index contributed by atoms with van der Waals surface area (Å²) in [5, 5.41) is 9.84. The SMILES string of the molecule is CC(C)n1c(-c2ccc(N)c(O)c2)nc2cc(Br)ccc21. The molecule has 21 heavy (non-hydrogen) atoms. The third-order valence-corrected chi connectivity index (χ3v) is 3.95. The van der Waals surface area contributed by atoms with Crippen molar-refractivity contribution >= 4 is 32.7 Å². The highest BCUT2D eigenvalue weighted by molar-refractivity contribution is 9.10. The minimum atomic E-state index is 0.0797. The molecule has 0 saturated heterocycles. The van der Waals surface area contributed by atoms with Gasteiger partial charge in [-0.15, -0.1) is 0 Å². The smallest absolute Gasteiger partial charge is 0.141 e. The first-order valence-electron chi connectivity index (χ1n) is 6.73. The summed E-state index contributed by atoms with van der Waals surface area (Å²) in [5.74, 6) is 0.907. The van der Waals surface area contributed by atoms with Crippen LogP contribution in [0, 0.1) is 0 Å². The molecule has 0 unspecified atom stereocenters. The second kappa shape index (κ2) is 5.07. The van der Waals surface area contributed by atoms with E-state index < -0.39 is 0 Å². The van der Waals surface area contributed by atoms with Crippen LogP contribution in [-0.4, -0.2) is 14.7 Å². The van der Waals surface area contributed by atoms with E-state index >= 15 is 0 Å². The van der Waals surface area contributed by atoms with Crippen molar-refractivity contribution in [2.45, 2.75) is 19.9 Å². The summed E-state index contributed by atoms with van der Waals surface area (Å²) in [6.07, 6.45) is 0. The number of rotatable bonds is 2. The molecular weight excluding hydrogens is 330 g/mol. The Morgan fingerprint density at radius 2 is 1.95 bits per heavy atom. The summed E-state index contributed by atoms with van der Waals surface area (Å²) in [5.41, 5.74) is 8.88. The van der Waals surface area contributed by atoms with Crippen LogP contribution in [0.2, 0.25) is 0 Å². The van der Waals surface area contributed by atoms with E-state index in [0.29, 0.717) is 5.69 Å². The van der Waals surface area contributed by atoms with Crippen LogP contribution in [0.1, 0.15) is 19.9 Å². The van der Waals surface area contributed by atoms with Crippen LogP contribution in [-0.2, 0) is 0 Å². The molecule has 0 spiro atoms. The van der Waals surface area contributed by atoms with Gasteiger partial charge in [-0.3, -0.25) is 0 Å². The van der Waals surface area contributed by atoms with Crippen molar-refractivity contribution in [1.82, 2.24) is 9.55 Å². The largest absolute Gasteiger partial charge is 0.506 e. The summed E-state index contributed by atoms with van der Waals surface area (Å²) < 4.78 is 3.15. The number of phenols is 1. The molecule has 2 aromatic carbocycles. The molecule has 0 aliphatic carbocycles. The summed E-state index contributed by atoms with van der Waals surface area (Å²) in [4.78, 5) is 4.72. The van der Waals surface area contributed by atoms with E-state index in [2.05, 4.69) is 34.3 Å². The second-order valence-corrected chi connectivity index (χ2v) is 6.22. The first-order valence-corrected chi connectivity index (χ1v) is 7.53. The zero-order chi connectivity index (χ0) is 15.1. The van der Waals surface area contributed by atoms with Gasteiger partial charge in [0.15, 0.2) is 0 Å². The maximum atomic E-state index is 9.84. The monoisotopic (exact) mass is 345 g/mol. The molecule has 0 saturated carbocycles. The van der Waals surface area contributed by atoms with Crippen LogP contribution in [0.4, 0.5) is 5.69 Å². The lowest BCUT2D eigenvalue weighted by Crippen LogP contribution is -2.03. The Morgan fingerprint density at radius 1 is 1.19 bits per heavy atom. The van der Waals surface area contributed by atoms with Crippen LogP contribution in [0.3, 0.4) is 0 Å². The van der Waals surface area contributed by atoms with Crippen LogP contribution in [0.25, 0.3) is 22.4 Å². The highest BCUT2D eigenvalue weighted by atomic mass is 79.9. The first-order chi connectivity index (χ1) is 9.97. The number of hydrogen-bond acceptors (Lipinski definition) is 3. The number of hydrogen-bond donors (Lipinski definition) is 2. The lowest BCUT2D eigenvalue weighted by molar-refractivity contribution is 0.478. The van der Waals surface area contributed by atoms with Crippen molar-refractivity contribution in [3.63, 3.8) is 0 Å². The van der Waals surface area contributed by atoms with Crippen LogP contribution in [0.15, 0.2) is 40.9 Å². The molecule has 3 rings (SSSR count). The summed E-state index contributed by atoms with van der Waals surface area (Å²) >= 11 is 3.47. The Labute approximate surface area is 131 Å². The molecule has 108 valence electrons. The van der Waals surface area contributed by atoms with E-state index in [0.717, 1.165) is 26.9 Å². The van der Waals surface area contributed by atoms with E-state index in [4.69, 9.17) is 10.7 Å². The fourth-order valence-electron chi connectivity index (χ4n) is 2.48. The van der Waals surface area contributed by atoms with E-state index in [-0.39, 0.29) is 11.8 Å². The predicted molar refractivity (Wildman–Crippen MR) is 89.3 cm³/mol. The van der Waals surface area contributed by atoms with E-state index in [1.807, 2.05) is 24.3 Å². The molecule has 0 aliphatic heterocycles. The molecule has 0 bridgehead atoms. The first kappa shape index (κ1) is 13.9. The number of anilines is 1. The maximum Gasteiger partial charge on any atom is 0.141 e. The standard InChI is InChI=1S/C16H16BrN3O/c1-9(2)20-14-6-4-11(17)8-13(14)19-16(20)10-3-5-12(18)15(21)7-10/h3-9,21H,18H2,1-2H3. The number of fused-ring (bicyclic) bond motifs is 1. The number of aromatic hydroxyl groups is 1. The molecule has 0 amide bonds. The van der Waals surface area contributed by atoms with Gasteiger partial charge in [-0.2, -0.15) is 0 Å². The molecular formula is C16H16BrN3O. The number of nitrogens with two attached hydrogens (primary N) is 1. The number of nitrogens with zero attached hydrogens (tertiary/aromatic N) is 2. The molecule has 0 radical (unpaired) electrons. The second-order valence-electron chi connectivity index (χ2n) is 5.31. The van der Waals surface area contributed by atoms with E-state index in [1.54, 1.807) is 12.1 Å². The highest BCUT2D eigenvalue weighted by Gasteiger charge is 2.16. The van der Waals surface area contributed by atoms with Crippen LogP contribution in [0.5, 0.6) is 5.75 Å². The van der Waals surface area contributed by atoms with Crippen molar-refractivity contribution in [3.05, 3.63) is 40.9 Å². The lowest BCUT2D eigenvalue weighted by Gasteiger charge is -2.13. The van der Waals surface area contributed by atoms with Crippen molar-refractivity contribution in [2.24, 2.45) is 0 Å². The molecule has 0 aliphatic rings. The van der Waals surface area contributed by atoms with Crippen molar-refractivity contribution < 1.29 is 5.11 Å². The number of benzene rings is 2. The average Bonchev–Trinajstić information content (AvgIpc) is 2.80. The molecule has 1 heterocycles. The van der Waals surface area contributed by atoms with Gasteiger partial charge in [0.25, 0.3) is 0 Å². The van der Waals surface area contributed by atoms with Gasteiger partial charge in [-0.05, 0) is 50.2 Å². The van der Waals surface area contributed by atoms with E-state index in [1.165, 1.54) is 0 Å². The molecule has 3 aromatic rings. The molecule has 5 heteroatoms. The van der Waals surface area contributed by atoms with Crippen molar-refractivity contribution in [3.8, 4) is 17.1 Å². The fourth-order valence-corrected chi connectivity index (χ4v) is 2.83. The number of imidazole rings is 1. The van der Waals surface area contributed by atoms with Crippen molar-refractivity contribution in [2.75, 3.05) is 5.73 Å². The molecule has 4 nitrogen and oxygen atoms in total.